The monoisotopic (exact) mass is 655 g/mol. The maximum Gasteiger partial charge on any atom is 0.410 e. The second-order valence-corrected chi connectivity index (χ2v) is 15.6. The highest BCUT2D eigenvalue weighted by Crippen LogP contribution is 2.51. The van der Waals surface area contributed by atoms with Gasteiger partial charge in [-0.25, -0.2) is 4.79 Å². The Hall–Kier alpha value is -3.20. The Bertz CT molecular complexity index is 1300. The van der Waals surface area contributed by atoms with Gasteiger partial charge in [-0.15, -0.1) is 0 Å². The summed E-state index contributed by atoms with van der Waals surface area (Å²) in [5.74, 6) is -0.836. The summed E-state index contributed by atoms with van der Waals surface area (Å²) in [6, 6.07) is 17.3. The van der Waals surface area contributed by atoms with Crippen molar-refractivity contribution in [3.63, 3.8) is 0 Å². The van der Waals surface area contributed by atoms with Gasteiger partial charge >= 0.3 is 6.09 Å². The summed E-state index contributed by atoms with van der Waals surface area (Å²) in [6.07, 6.45) is 5.24. The lowest BCUT2D eigenvalue weighted by atomic mass is 9.91. The second kappa shape index (κ2) is 17.6. The van der Waals surface area contributed by atoms with Crippen molar-refractivity contribution in [3.8, 4) is 0 Å². The molecule has 3 N–H and O–H groups in total. The molecule has 3 amide bonds. The van der Waals surface area contributed by atoms with E-state index in [0.717, 1.165) is 36.8 Å². The highest BCUT2D eigenvalue weighted by atomic mass is 31.2. The van der Waals surface area contributed by atoms with Crippen molar-refractivity contribution >= 4 is 25.3 Å². The van der Waals surface area contributed by atoms with Gasteiger partial charge in [0.2, 0.25) is 19.2 Å². The highest BCUT2D eigenvalue weighted by Gasteiger charge is 2.38. The summed E-state index contributed by atoms with van der Waals surface area (Å²) in [6.45, 7) is 4.21. The van der Waals surface area contributed by atoms with Crippen LogP contribution in [0.3, 0.4) is 0 Å². The predicted octanol–water partition coefficient (Wildman–Crippen LogP) is 5.48. The van der Waals surface area contributed by atoms with Crippen molar-refractivity contribution in [1.82, 2.24) is 15.5 Å². The number of ether oxygens (including phenoxy) is 1. The van der Waals surface area contributed by atoms with E-state index in [4.69, 9.17) is 9.26 Å². The van der Waals surface area contributed by atoms with Crippen LogP contribution in [0.2, 0.25) is 0 Å². The third-order valence-corrected chi connectivity index (χ3v) is 11.5. The number of carbonyl (C=O) groups is 3. The van der Waals surface area contributed by atoms with Crippen molar-refractivity contribution in [2.24, 2.45) is 11.8 Å². The molecule has 2 fully saturated rings. The molecule has 1 unspecified atom stereocenters. The van der Waals surface area contributed by atoms with Gasteiger partial charge in [0.15, 0.2) is 0 Å². The van der Waals surface area contributed by atoms with E-state index >= 15 is 0 Å². The molecule has 4 rings (SSSR count). The number of nitrogens with one attached hydrogen (secondary N) is 2. The lowest BCUT2D eigenvalue weighted by Crippen LogP contribution is -2.55. The Morgan fingerprint density at radius 2 is 1.54 bits per heavy atom. The Balaban J connectivity index is 1.30. The maximum atomic E-state index is 14.1. The van der Waals surface area contributed by atoms with E-state index in [1.165, 1.54) is 11.3 Å². The molecule has 11 heteroatoms. The largest absolute Gasteiger partial charge is 0.445 e. The lowest BCUT2D eigenvalue weighted by Gasteiger charge is -2.29. The Morgan fingerprint density at radius 3 is 2.17 bits per heavy atom. The Morgan fingerprint density at radius 1 is 0.913 bits per heavy atom. The van der Waals surface area contributed by atoms with Crippen LogP contribution < -0.4 is 10.6 Å². The number of benzene rings is 2. The first kappa shape index (κ1) is 35.7. The minimum absolute atomic E-state index is 0.0581. The molecule has 252 valence electrons. The molecule has 10 nitrogen and oxygen atoms in total. The van der Waals surface area contributed by atoms with E-state index in [1.807, 2.05) is 74.5 Å². The summed E-state index contributed by atoms with van der Waals surface area (Å²) >= 11 is 0. The zero-order valence-corrected chi connectivity index (χ0v) is 28.0. The molecular weight excluding hydrogens is 605 g/mol. The quantitative estimate of drug-likeness (QED) is 0.216. The van der Waals surface area contributed by atoms with Crippen molar-refractivity contribution < 1.29 is 33.3 Å². The van der Waals surface area contributed by atoms with Gasteiger partial charge in [-0.3, -0.25) is 19.1 Å². The molecule has 0 spiro atoms. The van der Waals surface area contributed by atoms with Crippen LogP contribution in [-0.2, 0) is 36.6 Å². The van der Waals surface area contributed by atoms with Gasteiger partial charge < -0.3 is 25.0 Å². The number of hydrogen-bond acceptors (Lipinski definition) is 7. The van der Waals surface area contributed by atoms with Gasteiger partial charge in [0.25, 0.3) is 0 Å². The zero-order chi connectivity index (χ0) is 32.9. The molecule has 1 heterocycles. The summed E-state index contributed by atoms with van der Waals surface area (Å²) in [5.41, 5.74) is 1.76. The van der Waals surface area contributed by atoms with Crippen molar-refractivity contribution in [3.05, 3.63) is 71.8 Å². The number of aliphatic hydroxyl groups is 1. The van der Waals surface area contributed by atoms with E-state index in [9.17, 15) is 24.1 Å². The average molecular weight is 656 g/mol. The smallest absolute Gasteiger partial charge is 0.410 e. The molecule has 4 atom stereocenters. The number of amides is 3. The maximum absolute atomic E-state index is 14.1. The molecule has 1 saturated heterocycles. The van der Waals surface area contributed by atoms with E-state index in [2.05, 4.69) is 10.6 Å². The van der Waals surface area contributed by atoms with E-state index in [-0.39, 0.29) is 31.8 Å². The molecule has 1 saturated carbocycles. The van der Waals surface area contributed by atoms with Crippen LogP contribution in [-0.4, -0.2) is 71.5 Å². The molecule has 2 aromatic rings. The van der Waals surface area contributed by atoms with Crippen LogP contribution in [0.5, 0.6) is 0 Å². The Kier molecular flexibility index (Phi) is 13.7. The summed E-state index contributed by atoms with van der Waals surface area (Å²) in [7, 11) is -3.21. The first-order valence-corrected chi connectivity index (χ1v) is 18.6. The molecule has 46 heavy (non-hydrogen) atoms. The molecule has 1 aliphatic carbocycles. The lowest BCUT2D eigenvalue weighted by molar-refractivity contribution is -0.132. The Labute approximate surface area is 273 Å². The van der Waals surface area contributed by atoms with E-state index < -0.39 is 43.5 Å². The van der Waals surface area contributed by atoms with Crippen molar-refractivity contribution in [2.45, 2.75) is 90.2 Å². The first-order chi connectivity index (χ1) is 22.1. The summed E-state index contributed by atoms with van der Waals surface area (Å²) in [5, 5.41) is 16.5. The molecule has 0 aromatic heterocycles. The van der Waals surface area contributed by atoms with Crippen LogP contribution in [0.15, 0.2) is 60.7 Å². The summed E-state index contributed by atoms with van der Waals surface area (Å²) < 4.78 is 25.6. The molecule has 1 aliphatic heterocycles. The molecule has 2 aliphatic rings. The fourth-order valence-electron chi connectivity index (χ4n) is 6.27. The number of nitrogens with zero attached hydrogens (tertiary/aromatic N) is 1. The van der Waals surface area contributed by atoms with Crippen molar-refractivity contribution in [2.75, 3.05) is 25.4 Å². The topological polar surface area (TPSA) is 134 Å². The van der Waals surface area contributed by atoms with Gasteiger partial charge in [-0.2, -0.15) is 0 Å². The number of likely N-dealkylation sites (tertiary alicyclic amines) is 1. The van der Waals surface area contributed by atoms with Gasteiger partial charge in [0.1, 0.15) is 18.7 Å². The number of hydrogen-bond donors (Lipinski definition) is 3. The number of carbonyl (C=O) groups excluding carboxylic acids is 3. The normalized spacial score (nSPS) is 19.7. The average Bonchev–Trinajstić information content (AvgIpc) is 3.56. The number of aliphatic hydroxyl groups excluding tert-OH is 1. The fraction of sp³-hybridized carbons (Fsp3) is 0.571. The van der Waals surface area contributed by atoms with Crippen LogP contribution in [0.1, 0.15) is 69.9 Å². The highest BCUT2D eigenvalue weighted by molar-refractivity contribution is 7.59. The standard InChI is InChI=1S/C35H50N3O7P/c1-26(2)32(37-33(40)31-19-12-20-38(31)35(42)44-22-27-13-6-3-7-14-27)34(41)36-21-30(39)25-46(43,24-29-17-10-5-11-18-29)45-23-28-15-8-4-9-16-28/h3-4,6-9,13-16,26,29-32,39H,5,10-12,17-25H2,1-2H3,(H,36,41)(H,37,40)/t30-,31+,32+,46?/m1/s1. The molecule has 0 bridgehead atoms. The van der Waals surface area contributed by atoms with Crippen LogP contribution in [0.25, 0.3) is 0 Å². The van der Waals surface area contributed by atoms with Gasteiger partial charge in [-0.1, -0.05) is 93.8 Å². The van der Waals surface area contributed by atoms with E-state index in [0.29, 0.717) is 31.5 Å². The van der Waals surface area contributed by atoms with Crippen LogP contribution in [0.4, 0.5) is 4.79 Å². The third kappa shape index (κ3) is 11.0. The SMILES string of the molecule is CC(C)[C@H](NC(=O)[C@@H]1CCCN1C(=O)OCc1ccccc1)C(=O)NC[C@@H](O)CP(=O)(CC1CCCCC1)OCc1ccccc1. The zero-order valence-electron chi connectivity index (χ0n) is 27.1. The fourth-order valence-corrected chi connectivity index (χ4v) is 8.94. The van der Waals surface area contributed by atoms with Gasteiger partial charge in [0.05, 0.1) is 18.9 Å². The minimum atomic E-state index is -3.21. The molecular formula is C35H50N3O7P. The van der Waals surface area contributed by atoms with Crippen LogP contribution in [0, 0.1) is 11.8 Å². The van der Waals surface area contributed by atoms with Crippen LogP contribution >= 0.6 is 7.37 Å². The van der Waals surface area contributed by atoms with Gasteiger partial charge in [-0.05, 0) is 48.6 Å². The second-order valence-electron chi connectivity index (χ2n) is 13.0. The van der Waals surface area contributed by atoms with Gasteiger partial charge in [0, 0.05) is 19.3 Å². The minimum Gasteiger partial charge on any atom is -0.445 e. The summed E-state index contributed by atoms with van der Waals surface area (Å²) in [4.78, 5) is 40.8. The molecule has 0 radical (unpaired) electrons. The predicted molar refractivity (Wildman–Crippen MR) is 177 cm³/mol. The third-order valence-electron chi connectivity index (χ3n) is 8.81. The first-order valence-electron chi connectivity index (χ1n) is 16.6. The van der Waals surface area contributed by atoms with Crippen molar-refractivity contribution in [1.29, 1.82) is 0 Å². The number of rotatable bonds is 15. The molecule has 2 aromatic carbocycles. The van der Waals surface area contributed by atoms with E-state index in [1.54, 1.807) is 0 Å².